The third-order valence-corrected chi connectivity index (χ3v) is 5.70. The Bertz CT molecular complexity index is 1060. The van der Waals surface area contributed by atoms with E-state index in [1.165, 1.54) is 0 Å². The number of alkyl carbamates (subject to hydrolysis) is 1. The number of nitrogen functional groups attached to an aromatic ring is 1. The molecule has 0 aliphatic heterocycles. The van der Waals surface area contributed by atoms with Crippen molar-refractivity contribution in [3.8, 4) is 11.3 Å². The zero-order valence-electron chi connectivity index (χ0n) is 19.0. The first-order valence-electron chi connectivity index (χ1n) is 11.2. The number of rotatable bonds is 5. The summed E-state index contributed by atoms with van der Waals surface area (Å²) in [5.74, 6) is 1.31. The molecule has 170 valence electrons. The predicted molar refractivity (Wildman–Crippen MR) is 126 cm³/mol. The summed E-state index contributed by atoms with van der Waals surface area (Å²) in [7, 11) is 0. The fourth-order valence-corrected chi connectivity index (χ4v) is 4.06. The minimum absolute atomic E-state index is 0.340. The van der Waals surface area contributed by atoms with E-state index in [9.17, 15) is 4.79 Å². The molecule has 0 atom stereocenters. The van der Waals surface area contributed by atoms with Gasteiger partial charge in [0, 0.05) is 23.8 Å². The van der Waals surface area contributed by atoms with Crippen LogP contribution >= 0.6 is 0 Å². The van der Waals surface area contributed by atoms with Crippen LogP contribution in [-0.2, 0) is 4.74 Å². The number of carbonyl (C=O) groups is 1. The van der Waals surface area contributed by atoms with E-state index in [0.29, 0.717) is 18.5 Å². The number of fused-ring (bicyclic) bond motifs is 1. The lowest BCUT2D eigenvalue weighted by atomic mass is 9.86. The number of benzene rings is 1. The lowest BCUT2D eigenvalue weighted by molar-refractivity contribution is 0.0515. The molecule has 1 amide bonds. The number of nitrogens with zero attached hydrogens (tertiary/aromatic N) is 3. The van der Waals surface area contributed by atoms with Crippen LogP contribution in [0, 0.1) is 5.92 Å². The van der Waals surface area contributed by atoms with Crippen molar-refractivity contribution >= 4 is 23.2 Å². The minimum Gasteiger partial charge on any atom is -0.444 e. The zero-order valence-corrected chi connectivity index (χ0v) is 19.0. The lowest BCUT2D eigenvalue weighted by Gasteiger charge is -2.29. The van der Waals surface area contributed by atoms with Gasteiger partial charge in [0.05, 0.1) is 11.9 Å². The van der Waals surface area contributed by atoms with Crippen molar-refractivity contribution in [2.45, 2.75) is 58.1 Å². The van der Waals surface area contributed by atoms with Gasteiger partial charge in [-0.2, -0.15) is 0 Å². The molecule has 0 radical (unpaired) electrons. The highest BCUT2D eigenvalue weighted by Crippen LogP contribution is 2.27. The van der Waals surface area contributed by atoms with E-state index in [0.717, 1.165) is 54.1 Å². The van der Waals surface area contributed by atoms with Gasteiger partial charge in [0.2, 0.25) is 0 Å². The number of ether oxygens (including phenoxy) is 1. The summed E-state index contributed by atoms with van der Waals surface area (Å²) in [6, 6.07) is 12.0. The zero-order chi connectivity index (χ0) is 22.7. The number of nitrogens with two attached hydrogens (primary N) is 1. The molecule has 4 N–H and O–H groups in total. The highest BCUT2D eigenvalue weighted by Gasteiger charge is 2.23. The second kappa shape index (κ2) is 9.06. The number of hydrogen-bond acceptors (Lipinski definition) is 6. The van der Waals surface area contributed by atoms with Crippen molar-refractivity contribution in [2.75, 3.05) is 17.6 Å². The summed E-state index contributed by atoms with van der Waals surface area (Å²) in [6.45, 7) is 6.28. The first-order chi connectivity index (χ1) is 15.3. The molecule has 8 heteroatoms. The number of carbonyl (C=O) groups excluding carboxylic acids is 1. The maximum absolute atomic E-state index is 11.9. The molecule has 0 saturated heterocycles. The van der Waals surface area contributed by atoms with Gasteiger partial charge in [-0.1, -0.05) is 12.1 Å². The van der Waals surface area contributed by atoms with E-state index >= 15 is 0 Å². The van der Waals surface area contributed by atoms with Crippen LogP contribution in [0.4, 0.5) is 16.3 Å². The van der Waals surface area contributed by atoms with E-state index in [4.69, 9.17) is 15.6 Å². The number of imidazole rings is 1. The van der Waals surface area contributed by atoms with Gasteiger partial charge >= 0.3 is 6.09 Å². The third kappa shape index (κ3) is 5.49. The predicted octanol–water partition coefficient (Wildman–Crippen LogP) is 4.47. The van der Waals surface area contributed by atoms with Gasteiger partial charge in [0.25, 0.3) is 0 Å². The van der Waals surface area contributed by atoms with Crippen LogP contribution in [0.3, 0.4) is 0 Å². The van der Waals surface area contributed by atoms with Crippen LogP contribution in [0.5, 0.6) is 0 Å². The van der Waals surface area contributed by atoms with E-state index in [1.807, 2.05) is 67.9 Å². The van der Waals surface area contributed by atoms with E-state index < -0.39 is 5.60 Å². The number of aromatic nitrogens is 3. The Morgan fingerprint density at radius 2 is 1.84 bits per heavy atom. The van der Waals surface area contributed by atoms with Crippen LogP contribution in [0.15, 0.2) is 42.6 Å². The summed E-state index contributed by atoms with van der Waals surface area (Å²) in [5.41, 5.74) is 8.83. The van der Waals surface area contributed by atoms with Gasteiger partial charge in [0.15, 0.2) is 5.65 Å². The van der Waals surface area contributed by atoms with Crippen molar-refractivity contribution in [3.63, 3.8) is 0 Å². The van der Waals surface area contributed by atoms with Gasteiger partial charge in [-0.25, -0.2) is 14.3 Å². The summed E-state index contributed by atoms with van der Waals surface area (Å²) < 4.78 is 7.19. The molecule has 4 rings (SSSR count). The molecule has 0 unspecified atom stereocenters. The Morgan fingerprint density at radius 1 is 1.12 bits per heavy atom. The number of amides is 1. The highest BCUT2D eigenvalue weighted by atomic mass is 16.6. The molecule has 32 heavy (non-hydrogen) atoms. The van der Waals surface area contributed by atoms with Gasteiger partial charge in [-0.15, -0.1) is 5.10 Å². The fourth-order valence-electron chi connectivity index (χ4n) is 4.06. The molecule has 8 nitrogen and oxygen atoms in total. The smallest absolute Gasteiger partial charge is 0.407 e. The Balaban J connectivity index is 1.33. The molecule has 0 bridgehead atoms. The van der Waals surface area contributed by atoms with E-state index in [2.05, 4.69) is 15.6 Å². The Kier molecular flexibility index (Phi) is 6.21. The summed E-state index contributed by atoms with van der Waals surface area (Å²) >= 11 is 0. The minimum atomic E-state index is -0.470. The summed E-state index contributed by atoms with van der Waals surface area (Å²) in [5, 5.41) is 11.3. The van der Waals surface area contributed by atoms with E-state index in [1.54, 1.807) is 0 Å². The van der Waals surface area contributed by atoms with Crippen LogP contribution < -0.4 is 16.4 Å². The normalized spacial score (nSPS) is 19.0. The van der Waals surface area contributed by atoms with Gasteiger partial charge in [-0.05, 0) is 76.6 Å². The molecule has 0 spiro atoms. The largest absolute Gasteiger partial charge is 0.444 e. The summed E-state index contributed by atoms with van der Waals surface area (Å²) in [4.78, 5) is 16.3. The molecule has 2 aromatic heterocycles. The molecule has 1 saturated carbocycles. The Morgan fingerprint density at radius 3 is 2.53 bits per heavy atom. The average Bonchev–Trinajstić information content (AvgIpc) is 3.16. The first-order valence-corrected chi connectivity index (χ1v) is 11.2. The second-order valence-corrected chi connectivity index (χ2v) is 9.50. The summed E-state index contributed by atoms with van der Waals surface area (Å²) in [6.07, 6.45) is 5.67. The Labute approximate surface area is 188 Å². The standard InChI is InChI=1S/C24H32N6O2/c1-24(2,3)32-23(31)27-14-16-4-10-19(11-5-16)28-21-12-13-22-26-15-20(30(22)29-21)17-6-8-18(25)9-7-17/h6-9,12-13,15-16,19H,4-5,10-11,14,25H2,1-3H3,(H,27,31)(H,28,29). The van der Waals surface area contributed by atoms with Crippen LogP contribution in [-0.4, -0.2) is 38.9 Å². The van der Waals surface area contributed by atoms with Gasteiger partial charge in [-0.3, -0.25) is 0 Å². The molecule has 1 aromatic carbocycles. The maximum Gasteiger partial charge on any atom is 0.407 e. The van der Waals surface area contributed by atoms with Crippen LogP contribution in [0.1, 0.15) is 46.5 Å². The topological polar surface area (TPSA) is 107 Å². The lowest BCUT2D eigenvalue weighted by Crippen LogP contribution is -2.37. The first kappa shape index (κ1) is 21.9. The SMILES string of the molecule is CC(C)(C)OC(=O)NCC1CCC(Nc2ccc3ncc(-c4ccc(N)cc4)n3n2)CC1. The average molecular weight is 437 g/mol. The molecule has 2 heterocycles. The van der Waals surface area contributed by atoms with Crippen molar-refractivity contribution in [3.05, 3.63) is 42.6 Å². The van der Waals surface area contributed by atoms with Crippen LogP contribution in [0.2, 0.25) is 0 Å². The maximum atomic E-state index is 11.9. The van der Waals surface area contributed by atoms with Crippen molar-refractivity contribution in [1.29, 1.82) is 0 Å². The number of hydrogen-bond donors (Lipinski definition) is 3. The molecule has 1 fully saturated rings. The fraction of sp³-hybridized carbons (Fsp3) is 0.458. The number of anilines is 2. The molecule has 3 aromatic rings. The molecular weight excluding hydrogens is 404 g/mol. The monoisotopic (exact) mass is 436 g/mol. The van der Waals surface area contributed by atoms with Crippen LogP contribution in [0.25, 0.3) is 16.9 Å². The van der Waals surface area contributed by atoms with E-state index in [-0.39, 0.29) is 6.09 Å². The molecule has 1 aliphatic rings. The molecular formula is C24H32N6O2. The number of nitrogens with one attached hydrogen (secondary N) is 2. The Hall–Kier alpha value is -3.29. The second-order valence-electron chi connectivity index (χ2n) is 9.50. The van der Waals surface area contributed by atoms with Crippen molar-refractivity contribution in [2.24, 2.45) is 5.92 Å². The van der Waals surface area contributed by atoms with Gasteiger partial charge in [0.1, 0.15) is 11.4 Å². The highest BCUT2D eigenvalue weighted by molar-refractivity contribution is 5.67. The van der Waals surface area contributed by atoms with Crippen molar-refractivity contribution in [1.82, 2.24) is 19.9 Å². The quantitative estimate of drug-likeness (QED) is 0.509. The molecule has 1 aliphatic carbocycles. The third-order valence-electron chi connectivity index (χ3n) is 5.70. The van der Waals surface area contributed by atoms with Gasteiger partial charge < -0.3 is 21.1 Å². The van der Waals surface area contributed by atoms with Crippen molar-refractivity contribution < 1.29 is 9.53 Å².